The molecular weight excluding hydrogens is 406 g/mol. The Hall–Kier alpha value is -2.67. The first kappa shape index (κ1) is 21.2. The number of rotatable bonds is 4. The number of carbonyl (C=O) groups is 1. The molecule has 2 aromatic rings. The summed E-state index contributed by atoms with van der Waals surface area (Å²) in [5.74, 6) is 0.109. The van der Waals surface area contributed by atoms with Crippen molar-refractivity contribution in [3.05, 3.63) is 52.9 Å². The predicted molar refractivity (Wildman–Crippen MR) is 119 cm³/mol. The van der Waals surface area contributed by atoms with E-state index >= 15 is 0 Å². The lowest BCUT2D eigenvalue weighted by Gasteiger charge is -2.34. The smallest absolute Gasteiger partial charge is 0.234 e. The fourth-order valence-electron chi connectivity index (χ4n) is 5.66. The number of benzene rings is 1. The lowest BCUT2D eigenvalue weighted by atomic mass is 9.76. The Morgan fingerprint density at radius 2 is 2.12 bits per heavy atom. The van der Waals surface area contributed by atoms with E-state index in [1.165, 1.54) is 11.1 Å². The van der Waals surface area contributed by atoms with Gasteiger partial charge < -0.3 is 19.4 Å². The molecule has 7 nitrogen and oxygen atoms in total. The van der Waals surface area contributed by atoms with Crippen molar-refractivity contribution in [1.82, 2.24) is 10.1 Å². The molecule has 0 bridgehead atoms. The average Bonchev–Trinajstić information content (AvgIpc) is 3.48. The summed E-state index contributed by atoms with van der Waals surface area (Å²) in [6.45, 7) is 6.16. The van der Waals surface area contributed by atoms with Gasteiger partial charge in [0, 0.05) is 31.0 Å². The van der Waals surface area contributed by atoms with E-state index in [0.717, 1.165) is 30.7 Å². The Bertz CT molecular complexity index is 1050. The number of carbonyl (C=O) groups excluding carboxylic acids is 1. The van der Waals surface area contributed by atoms with Crippen LogP contribution in [-0.4, -0.2) is 45.5 Å². The van der Waals surface area contributed by atoms with Gasteiger partial charge in [-0.2, -0.15) is 0 Å². The molecule has 3 heterocycles. The SMILES string of the molecule is Cc1cc([C@@H](C(=O)N2C[C@H](O)CC2C2=NOC3(CCCc4ccccc43)C2)C(C)C)on1. The molecule has 2 aliphatic heterocycles. The van der Waals surface area contributed by atoms with Crippen molar-refractivity contribution < 1.29 is 19.3 Å². The highest BCUT2D eigenvalue weighted by atomic mass is 16.7. The van der Waals surface area contributed by atoms with Crippen molar-refractivity contribution >= 4 is 11.6 Å². The maximum atomic E-state index is 13.7. The van der Waals surface area contributed by atoms with Crippen molar-refractivity contribution in [1.29, 1.82) is 0 Å². The lowest BCUT2D eigenvalue weighted by Crippen LogP contribution is -2.44. The Morgan fingerprint density at radius 3 is 2.88 bits per heavy atom. The van der Waals surface area contributed by atoms with Gasteiger partial charge in [0.05, 0.1) is 23.6 Å². The van der Waals surface area contributed by atoms with Crippen LogP contribution in [0.25, 0.3) is 0 Å². The van der Waals surface area contributed by atoms with Crippen molar-refractivity contribution in [2.24, 2.45) is 11.1 Å². The molecule has 1 amide bonds. The monoisotopic (exact) mass is 437 g/mol. The van der Waals surface area contributed by atoms with Gasteiger partial charge in [0.1, 0.15) is 11.7 Å². The van der Waals surface area contributed by atoms with E-state index in [-0.39, 0.29) is 17.9 Å². The summed E-state index contributed by atoms with van der Waals surface area (Å²) in [4.78, 5) is 21.6. The van der Waals surface area contributed by atoms with Crippen LogP contribution in [0.1, 0.15) is 68.0 Å². The summed E-state index contributed by atoms with van der Waals surface area (Å²) in [6, 6.07) is 9.99. The Labute approximate surface area is 188 Å². The van der Waals surface area contributed by atoms with Gasteiger partial charge in [-0.05, 0) is 37.7 Å². The zero-order valence-corrected chi connectivity index (χ0v) is 19.0. The molecule has 5 rings (SSSR count). The van der Waals surface area contributed by atoms with Crippen LogP contribution in [0.3, 0.4) is 0 Å². The van der Waals surface area contributed by atoms with E-state index in [4.69, 9.17) is 9.36 Å². The van der Waals surface area contributed by atoms with Crippen molar-refractivity contribution in [3.63, 3.8) is 0 Å². The molecule has 1 saturated heterocycles. The molecule has 170 valence electrons. The number of fused-ring (bicyclic) bond motifs is 2. The molecule has 1 aliphatic carbocycles. The van der Waals surface area contributed by atoms with Crippen LogP contribution >= 0.6 is 0 Å². The Balaban J connectivity index is 1.41. The predicted octanol–water partition coefficient (Wildman–Crippen LogP) is 3.69. The van der Waals surface area contributed by atoms with Gasteiger partial charge in [0.2, 0.25) is 5.91 Å². The second kappa shape index (κ2) is 8.03. The quantitative estimate of drug-likeness (QED) is 0.788. The number of β-amino-alcohol motifs (C(OH)–C–C–N with tert-alkyl or cyclic N) is 1. The third-order valence-corrected chi connectivity index (χ3v) is 7.17. The number of hydrogen-bond donors (Lipinski definition) is 1. The summed E-state index contributed by atoms with van der Waals surface area (Å²) < 4.78 is 5.47. The van der Waals surface area contributed by atoms with Gasteiger partial charge in [-0.15, -0.1) is 0 Å². The van der Waals surface area contributed by atoms with Crippen LogP contribution in [0.15, 0.2) is 40.0 Å². The number of amides is 1. The number of oxime groups is 1. The maximum Gasteiger partial charge on any atom is 0.234 e. The number of aliphatic hydroxyl groups excluding tert-OH is 1. The average molecular weight is 438 g/mol. The molecule has 1 N–H and O–H groups in total. The van der Waals surface area contributed by atoms with E-state index in [1.54, 1.807) is 4.90 Å². The molecule has 2 unspecified atom stereocenters. The van der Waals surface area contributed by atoms with Crippen LogP contribution in [0.2, 0.25) is 0 Å². The van der Waals surface area contributed by atoms with Crippen molar-refractivity contribution in [3.8, 4) is 0 Å². The van der Waals surface area contributed by atoms with Crippen molar-refractivity contribution in [2.45, 2.75) is 76.5 Å². The van der Waals surface area contributed by atoms with E-state index in [1.807, 2.05) is 26.8 Å². The van der Waals surface area contributed by atoms with Gasteiger partial charge in [-0.1, -0.05) is 48.4 Å². The molecule has 1 spiro atoms. The molecule has 1 aromatic heterocycles. The highest BCUT2D eigenvalue weighted by Crippen LogP contribution is 2.46. The third-order valence-electron chi connectivity index (χ3n) is 7.17. The molecule has 4 atom stereocenters. The molecule has 0 saturated carbocycles. The normalized spacial score (nSPS) is 28.0. The standard InChI is InChI=1S/C25H31N3O4/c1-15(2)23(22-11-16(3)26-31-22)24(30)28-14-18(29)12-21(28)20-13-25(32-27-20)10-6-8-17-7-4-5-9-19(17)25/h4-5,7,9,11,15,18,21,23,29H,6,8,10,12-14H2,1-3H3/t18-,21?,23+,25?/m1/s1. The fraction of sp³-hybridized carbons (Fsp3) is 0.560. The summed E-state index contributed by atoms with van der Waals surface area (Å²) in [6.07, 6.45) is 3.56. The first-order valence-corrected chi connectivity index (χ1v) is 11.6. The zero-order chi connectivity index (χ0) is 22.5. The van der Waals surface area contributed by atoms with E-state index in [0.29, 0.717) is 25.1 Å². The van der Waals surface area contributed by atoms with Crippen LogP contribution in [0.5, 0.6) is 0 Å². The molecule has 1 fully saturated rings. The van der Waals surface area contributed by atoms with Crippen LogP contribution in [-0.2, 0) is 21.7 Å². The molecule has 1 aromatic carbocycles. The molecule has 0 radical (unpaired) electrons. The highest BCUT2D eigenvalue weighted by molar-refractivity contribution is 5.96. The third kappa shape index (κ3) is 3.52. The van der Waals surface area contributed by atoms with Crippen LogP contribution in [0, 0.1) is 12.8 Å². The summed E-state index contributed by atoms with van der Waals surface area (Å²) in [5, 5.41) is 19.0. The highest BCUT2D eigenvalue weighted by Gasteiger charge is 2.49. The second-order valence-corrected chi connectivity index (χ2v) is 9.84. The second-order valence-electron chi connectivity index (χ2n) is 9.84. The van der Waals surface area contributed by atoms with Crippen molar-refractivity contribution in [2.75, 3.05) is 6.54 Å². The van der Waals surface area contributed by atoms with Gasteiger partial charge >= 0.3 is 0 Å². The minimum Gasteiger partial charge on any atom is -0.391 e. The van der Waals surface area contributed by atoms with E-state index in [2.05, 4.69) is 34.6 Å². The number of nitrogens with zero attached hydrogens (tertiary/aromatic N) is 3. The number of hydrogen-bond acceptors (Lipinski definition) is 6. The molecule has 32 heavy (non-hydrogen) atoms. The van der Waals surface area contributed by atoms with Crippen LogP contribution in [0.4, 0.5) is 0 Å². The van der Waals surface area contributed by atoms with Gasteiger partial charge in [-0.3, -0.25) is 4.79 Å². The maximum absolute atomic E-state index is 13.7. The van der Waals surface area contributed by atoms with Gasteiger partial charge in [0.25, 0.3) is 0 Å². The number of aryl methyl sites for hydroxylation is 2. The number of aliphatic hydroxyl groups is 1. The molecule has 7 heteroatoms. The first-order chi connectivity index (χ1) is 15.4. The van der Waals surface area contributed by atoms with Crippen LogP contribution < -0.4 is 0 Å². The molecule has 3 aliphatic rings. The summed E-state index contributed by atoms with van der Waals surface area (Å²) in [5.41, 5.74) is 3.67. The number of aromatic nitrogens is 1. The minimum absolute atomic E-state index is 0.0339. The largest absolute Gasteiger partial charge is 0.391 e. The minimum atomic E-state index is -0.578. The Kier molecular flexibility index (Phi) is 5.32. The van der Waals surface area contributed by atoms with E-state index in [9.17, 15) is 9.90 Å². The van der Waals surface area contributed by atoms with E-state index < -0.39 is 17.6 Å². The molecular formula is C25H31N3O4. The van der Waals surface area contributed by atoms with Gasteiger partial charge in [-0.25, -0.2) is 0 Å². The Morgan fingerprint density at radius 1 is 1.31 bits per heavy atom. The first-order valence-electron chi connectivity index (χ1n) is 11.6. The summed E-state index contributed by atoms with van der Waals surface area (Å²) >= 11 is 0. The summed E-state index contributed by atoms with van der Waals surface area (Å²) in [7, 11) is 0. The lowest BCUT2D eigenvalue weighted by molar-refractivity contribution is -0.134. The fourth-order valence-corrected chi connectivity index (χ4v) is 5.66. The number of likely N-dealkylation sites (tertiary alicyclic amines) is 1. The zero-order valence-electron chi connectivity index (χ0n) is 19.0. The topological polar surface area (TPSA) is 88.2 Å². The van der Waals surface area contributed by atoms with Gasteiger partial charge in [0.15, 0.2) is 5.60 Å².